The summed E-state index contributed by atoms with van der Waals surface area (Å²) in [5.41, 5.74) is 0.668. The predicted molar refractivity (Wildman–Crippen MR) is 66.2 cm³/mol. The van der Waals surface area contributed by atoms with Gasteiger partial charge in [-0.2, -0.15) is 5.10 Å². The molecule has 0 saturated heterocycles. The van der Waals surface area contributed by atoms with Crippen LogP contribution < -0.4 is 5.32 Å². The number of carbonyl (C=O) groups excluding carboxylic acids is 1. The lowest BCUT2D eigenvalue weighted by Gasteiger charge is -2.04. The molecule has 1 heterocycles. The van der Waals surface area contributed by atoms with Gasteiger partial charge in [0.2, 0.25) is 5.91 Å². The quantitative estimate of drug-likeness (QED) is 0.355. The van der Waals surface area contributed by atoms with Crippen molar-refractivity contribution in [2.45, 2.75) is 26.8 Å². The summed E-state index contributed by atoms with van der Waals surface area (Å²) in [5, 5.41) is 17.5. The number of nitro groups is 1. The van der Waals surface area contributed by atoms with Gasteiger partial charge >= 0.3 is 5.69 Å². The fourth-order valence-corrected chi connectivity index (χ4v) is 1.61. The van der Waals surface area contributed by atoms with Crippen LogP contribution in [0.3, 0.4) is 0 Å². The van der Waals surface area contributed by atoms with Crippen molar-refractivity contribution >= 4 is 11.6 Å². The number of hydrogen-bond acceptors (Lipinski definition) is 4. The average Bonchev–Trinajstić information content (AvgIpc) is 2.54. The zero-order valence-electron chi connectivity index (χ0n) is 10.5. The first kappa shape index (κ1) is 13.9. The lowest BCUT2D eigenvalue weighted by molar-refractivity contribution is -0.386. The van der Waals surface area contributed by atoms with Crippen molar-refractivity contribution in [3.05, 3.63) is 34.2 Å². The summed E-state index contributed by atoms with van der Waals surface area (Å²) in [6.07, 6.45) is 2.39. The molecule has 0 aromatic carbocycles. The molecule has 0 aliphatic heterocycles. The van der Waals surface area contributed by atoms with E-state index in [0.29, 0.717) is 24.4 Å². The minimum atomic E-state index is -0.482. The van der Waals surface area contributed by atoms with E-state index in [-0.39, 0.29) is 18.1 Å². The molecule has 0 spiro atoms. The minimum Gasteiger partial charge on any atom is -0.354 e. The van der Waals surface area contributed by atoms with Crippen molar-refractivity contribution in [1.29, 1.82) is 0 Å². The maximum Gasteiger partial charge on any atom is 0.312 e. The van der Waals surface area contributed by atoms with Gasteiger partial charge in [-0.25, -0.2) is 0 Å². The van der Waals surface area contributed by atoms with E-state index in [1.807, 2.05) is 0 Å². The first-order valence-corrected chi connectivity index (χ1v) is 5.53. The molecular weight excluding hydrogens is 236 g/mol. The summed E-state index contributed by atoms with van der Waals surface area (Å²) in [7, 11) is 0. The van der Waals surface area contributed by atoms with Crippen LogP contribution >= 0.6 is 0 Å². The van der Waals surface area contributed by atoms with Crippen LogP contribution in [-0.2, 0) is 11.3 Å². The van der Waals surface area contributed by atoms with Gasteiger partial charge in [0.25, 0.3) is 0 Å². The number of nitrogens with one attached hydrogen (secondary N) is 1. The highest BCUT2D eigenvalue weighted by atomic mass is 16.6. The number of amides is 1. The van der Waals surface area contributed by atoms with Gasteiger partial charge in [-0.15, -0.1) is 6.58 Å². The Balaban J connectivity index is 2.74. The van der Waals surface area contributed by atoms with Crippen molar-refractivity contribution in [2.24, 2.45) is 0 Å². The Morgan fingerprint density at radius 1 is 1.61 bits per heavy atom. The maximum absolute atomic E-state index is 11.6. The van der Waals surface area contributed by atoms with Crippen LogP contribution in [0.25, 0.3) is 0 Å². The van der Waals surface area contributed by atoms with Crippen LogP contribution in [0.5, 0.6) is 0 Å². The highest BCUT2D eigenvalue weighted by molar-refractivity contribution is 5.75. The van der Waals surface area contributed by atoms with E-state index in [9.17, 15) is 14.9 Å². The Morgan fingerprint density at radius 3 is 2.78 bits per heavy atom. The number of carbonyl (C=O) groups is 1. The van der Waals surface area contributed by atoms with Crippen LogP contribution in [-0.4, -0.2) is 27.2 Å². The van der Waals surface area contributed by atoms with E-state index in [2.05, 4.69) is 17.0 Å². The van der Waals surface area contributed by atoms with Gasteiger partial charge in [-0.3, -0.25) is 19.6 Å². The normalized spacial score (nSPS) is 10.1. The minimum absolute atomic E-state index is 0.0162. The molecule has 7 nitrogen and oxygen atoms in total. The van der Waals surface area contributed by atoms with Crippen molar-refractivity contribution in [3.63, 3.8) is 0 Å². The van der Waals surface area contributed by atoms with Crippen molar-refractivity contribution in [2.75, 3.05) is 6.54 Å². The molecule has 18 heavy (non-hydrogen) atoms. The molecule has 1 rings (SSSR count). The van der Waals surface area contributed by atoms with E-state index in [1.165, 1.54) is 4.68 Å². The summed E-state index contributed by atoms with van der Waals surface area (Å²) in [6, 6.07) is 0. The monoisotopic (exact) mass is 252 g/mol. The molecule has 1 N–H and O–H groups in total. The van der Waals surface area contributed by atoms with Gasteiger partial charge in [0.15, 0.2) is 0 Å². The molecule has 0 aliphatic carbocycles. The van der Waals surface area contributed by atoms with Gasteiger partial charge in [-0.1, -0.05) is 6.08 Å². The molecule has 0 unspecified atom stereocenters. The third-order valence-corrected chi connectivity index (χ3v) is 2.49. The Morgan fingerprint density at radius 2 is 2.28 bits per heavy atom. The molecule has 1 aromatic rings. The Hall–Kier alpha value is -2.18. The highest BCUT2D eigenvalue weighted by Crippen LogP contribution is 2.21. The fourth-order valence-electron chi connectivity index (χ4n) is 1.61. The molecule has 0 radical (unpaired) electrons. The SMILES string of the molecule is C=CCCNC(=O)Cn1nc(C)c([N+](=O)[O-])c1C. The van der Waals surface area contributed by atoms with E-state index in [1.54, 1.807) is 19.9 Å². The molecule has 0 bridgehead atoms. The van der Waals surface area contributed by atoms with Gasteiger partial charge in [-0.05, 0) is 20.3 Å². The molecule has 0 saturated carbocycles. The third-order valence-electron chi connectivity index (χ3n) is 2.49. The molecule has 7 heteroatoms. The summed E-state index contributed by atoms with van der Waals surface area (Å²) in [5.74, 6) is -0.225. The van der Waals surface area contributed by atoms with Gasteiger partial charge in [0, 0.05) is 6.54 Å². The molecule has 0 aliphatic rings. The predicted octanol–water partition coefficient (Wildman–Crippen LogP) is 1.10. The zero-order valence-corrected chi connectivity index (χ0v) is 10.5. The Bertz CT molecular complexity index is 479. The van der Waals surface area contributed by atoms with Crippen LogP contribution in [0.15, 0.2) is 12.7 Å². The Labute approximate surface area is 105 Å². The number of nitrogens with zero attached hydrogens (tertiary/aromatic N) is 3. The number of aromatic nitrogens is 2. The van der Waals surface area contributed by atoms with E-state index < -0.39 is 4.92 Å². The highest BCUT2D eigenvalue weighted by Gasteiger charge is 2.22. The lowest BCUT2D eigenvalue weighted by Crippen LogP contribution is -2.29. The number of aryl methyl sites for hydroxylation is 1. The average molecular weight is 252 g/mol. The van der Waals surface area contributed by atoms with E-state index in [4.69, 9.17) is 0 Å². The second-order valence-electron chi connectivity index (χ2n) is 3.86. The standard InChI is InChI=1S/C11H16N4O3/c1-4-5-6-12-10(16)7-14-9(3)11(15(17)18)8(2)13-14/h4H,1,5-7H2,2-3H3,(H,12,16). The fraction of sp³-hybridized carbons (Fsp3) is 0.455. The molecule has 98 valence electrons. The third kappa shape index (κ3) is 3.16. The summed E-state index contributed by atoms with van der Waals surface area (Å²) >= 11 is 0. The lowest BCUT2D eigenvalue weighted by atomic mass is 10.3. The summed E-state index contributed by atoms with van der Waals surface area (Å²) in [6.45, 7) is 7.16. The van der Waals surface area contributed by atoms with Crippen LogP contribution in [0, 0.1) is 24.0 Å². The Kier molecular flexibility index (Phi) is 4.59. The largest absolute Gasteiger partial charge is 0.354 e. The number of hydrogen-bond donors (Lipinski definition) is 1. The molecule has 0 fully saturated rings. The van der Waals surface area contributed by atoms with Crippen molar-refractivity contribution < 1.29 is 9.72 Å². The van der Waals surface area contributed by atoms with Gasteiger partial charge in [0.05, 0.1) is 4.92 Å². The van der Waals surface area contributed by atoms with Crippen LogP contribution in [0.4, 0.5) is 5.69 Å². The second kappa shape index (κ2) is 5.95. The second-order valence-corrected chi connectivity index (χ2v) is 3.86. The molecule has 0 atom stereocenters. The van der Waals surface area contributed by atoms with E-state index >= 15 is 0 Å². The topological polar surface area (TPSA) is 90.1 Å². The molecule has 1 amide bonds. The van der Waals surface area contributed by atoms with E-state index in [0.717, 1.165) is 0 Å². The summed E-state index contributed by atoms with van der Waals surface area (Å²) < 4.78 is 1.34. The first-order valence-electron chi connectivity index (χ1n) is 5.53. The molecular formula is C11H16N4O3. The number of rotatable bonds is 6. The first-order chi connectivity index (χ1) is 8.47. The van der Waals surface area contributed by atoms with Crippen molar-refractivity contribution in [1.82, 2.24) is 15.1 Å². The smallest absolute Gasteiger partial charge is 0.312 e. The zero-order chi connectivity index (χ0) is 13.7. The van der Waals surface area contributed by atoms with Crippen molar-refractivity contribution in [3.8, 4) is 0 Å². The van der Waals surface area contributed by atoms with Crippen LogP contribution in [0.2, 0.25) is 0 Å². The van der Waals surface area contributed by atoms with Crippen LogP contribution in [0.1, 0.15) is 17.8 Å². The summed E-state index contributed by atoms with van der Waals surface area (Å²) in [4.78, 5) is 21.9. The van der Waals surface area contributed by atoms with Gasteiger partial charge in [0.1, 0.15) is 17.9 Å². The molecule has 1 aromatic heterocycles. The van der Waals surface area contributed by atoms with Gasteiger partial charge < -0.3 is 5.32 Å². The maximum atomic E-state index is 11.6.